The highest BCUT2D eigenvalue weighted by molar-refractivity contribution is 5.89. The van der Waals surface area contributed by atoms with Crippen LogP contribution in [0, 0.1) is 13.8 Å². The molecule has 0 radical (unpaired) electrons. The summed E-state index contributed by atoms with van der Waals surface area (Å²) < 4.78 is 6.23. The number of aromatic nitrogens is 2. The molecule has 10 heteroatoms. The summed E-state index contributed by atoms with van der Waals surface area (Å²) in [7, 11) is 2.16. The lowest BCUT2D eigenvalue weighted by atomic mass is 10.1. The number of para-hydroxylation sites is 1. The smallest absolute Gasteiger partial charge is 0.328 e. The van der Waals surface area contributed by atoms with Gasteiger partial charge in [0.25, 0.3) is 5.88 Å². The van der Waals surface area contributed by atoms with Crippen LogP contribution in [0.15, 0.2) is 60.7 Å². The first-order valence-corrected chi connectivity index (χ1v) is 12.3. The molecular weight excluding hydrogens is 486 g/mol. The predicted octanol–water partition coefficient (Wildman–Crippen LogP) is 4.00. The van der Waals surface area contributed by atoms with Gasteiger partial charge >= 0.3 is 11.9 Å². The molecule has 5 rings (SSSR count). The third kappa shape index (κ3) is 6.46. The SMILES string of the molecule is Cc1ccc(N2Cc3ccccc3Oc3nnc(N4CCN(C)CC4)cc32)cc1C.O=C(O)/C=C/C(=O)O. The van der Waals surface area contributed by atoms with E-state index in [4.69, 9.17) is 14.9 Å². The predicted molar refractivity (Wildman–Crippen MR) is 144 cm³/mol. The maximum atomic E-state index is 9.55. The number of piperazine rings is 1. The fourth-order valence-electron chi connectivity index (χ4n) is 4.18. The van der Waals surface area contributed by atoms with Gasteiger partial charge in [-0.3, -0.25) is 0 Å². The van der Waals surface area contributed by atoms with Gasteiger partial charge in [-0.2, -0.15) is 0 Å². The largest absolute Gasteiger partial charge is 0.478 e. The van der Waals surface area contributed by atoms with Crippen LogP contribution in [-0.4, -0.2) is 70.5 Å². The van der Waals surface area contributed by atoms with Crippen LogP contribution >= 0.6 is 0 Å². The number of hydrogen-bond acceptors (Lipinski definition) is 8. The normalized spacial score (nSPS) is 15.0. The number of ether oxygens (including phenoxy) is 1. The third-order valence-electron chi connectivity index (χ3n) is 6.52. The van der Waals surface area contributed by atoms with Crippen molar-refractivity contribution in [1.82, 2.24) is 15.1 Å². The Kier molecular flexibility index (Phi) is 8.22. The van der Waals surface area contributed by atoms with Gasteiger partial charge in [0.05, 0.1) is 6.54 Å². The van der Waals surface area contributed by atoms with E-state index in [0.717, 1.165) is 61.2 Å². The van der Waals surface area contributed by atoms with E-state index >= 15 is 0 Å². The highest BCUT2D eigenvalue weighted by Gasteiger charge is 2.26. The Morgan fingerprint density at radius 2 is 1.58 bits per heavy atom. The van der Waals surface area contributed by atoms with Crippen LogP contribution in [0.3, 0.4) is 0 Å². The number of anilines is 3. The van der Waals surface area contributed by atoms with Crippen molar-refractivity contribution >= 4 is 29.1 Å². The van der Waals surface area contributed by atoms with Crippen LogP contribution in [0.25, 0.3) is 0 Å². The number of rotatable bonds is 4. The molecule has 3 heterocycles. The first-order valence-electron chi connectivity index (χ1n) is 12.3. The summed E-state index contributed by atoms with van der Waals surface area (Å²) in [6.07, 6.45) is 1.12. The molecule has 0 saturated carbocycles. The van der Waals surface area contributed by atoms with Crippen molar-refractivity contribution in [3.05, 3.63) is 77.4 Å². The van der Waals surface area contributed by atoms with Gasteiger partial charge < -0.3 is 29.6 Å². The molecule has 1 fully saturated rings. The summed E-state index contributed by atoms with van der Waals surface area (Å²) in [5, 5.41) is 24.7. The molecule has 0 unspecified atom stereocenters. The molecule has 0 spiro atoms. The van der Waals surface area contributed by atoms with E-state index in [1.165, 1.54) is 11.1 Å². The number of fused-ring (bicyclic) bond motifs is 2. The maximum absolute atomic E-state index is 9.55. The van der Waals surface area contributed by atoms with E-state index < -0.39 is 11.9 Å². The van der Waals surface area contributed by atoms with Crippen LogP contribution in [0.5, 0.6) is 11.6 Å². The summed E-state index contributed by atoms with van der Waals surface area (Å²) in [5.74, 6) is -0.215. The van der Waals surface area contributed by atoms with Crippen molar-refractivity contribution < 1.29 is 24.5 Å². The Balaban J connectivity index is 0.000000368. The van der Waals surface area contributed by atoms with Gasteiger partial charge in [0.2, 0.25) is 0 Å². The lowest BCUT2D eigenvalue weighted by molar-refractivity contribution is -0.134. The second-order valence-corrected chi connectivity index (χ2v) is 9.26. The summed E-state index contributed by atoms with van der Waals surface area (Å²) in [5.41, 5.74) is 5.79. The zero-order chi connectivity index (χ0) is 27.2. The molecule has 2 aliphatic heterocycles. The Labute approximate surface area is 221 Å². The summed E-state index contributed by atoms with van der Waals surface area (Å²) in [6, 6.07) is 16.9. The van der Waals surface area contributed by atoms with Crippen LogP contribution in [0.1, 0.15) is 16.7 Å². The molecule has 0 atom stereocenters. The number of aliphatic carboxylic acids is 2. The molecule has 10 nitrogen and oxygen atoms in total. The van der Waals surface area contributed by atoms with Crippen molar-refractivity contribution in [1.29, 1.82) is 0 Å². The monoisotopic (exact) mass is 517 g/mol. The number of carboxylic acids is 2. The fraction of sp³-hybridized carbons (Fsp3) is 0.286. The highest BCUT2D eigenvalue weighted by atomic mass is 16.5. The van der Waals surface area contributed by atoms with Gasteiger partial charge in [0, 0.05) is 55.6 Å². The van der Waals surface area contributed by atoms with E-state index in [2.05, 4.69) is 82.2 Å². The second kappa shape index (κ2) is 11.7. The number of benzene rings is 2. The molecule has 2 aliphatic rings. The Bertz CT molecular complexity index is 1340. The molecule has 0 amide bonds. The minimum absolute atomic E-state index is 0.552. The Morgan fingerprint density at radius 1 is 0.895 bits per heavy atom. The van der Waals surface area contributed by atoms with Gasteiger partial charge in [-0.25, -0.2) is 9.59 Å². The number of carboxylic acid groups (broad SMARTS) is 2. The minimum Gasteiger partial charge on any atom is -0.478 e. The average molecular weight is 518 g/mol. The van der Waals surface area contributed by atoms with E-state index in [9.17, 15) is 9.59 Å². The first-order chi connectivity index (χ1) is 18.2. The van der Waals surface area contributed by atoms with Gasteiger partial charge in [0.1, 0.15) is 11.4 Å². The van der Waals surface area contributed by atoms with Gasteiger partial charge in [-0.1, -0.05) is 24.3 Å². The molecule has 3 aromatic rings. The molecule has 1 saturated heterocycles. The molecule has 0 bridgehead atoms. The van der Waals surface area contributed by atoms with Crippen LogP contribution in [0.4, 0.5) is 17.2 Å². The Hall–Kier alpha value is -4.44. The van der Waals surface area contributed by atoms with Crippen molar-refractivity contribution in [2.45, 2.75) is 20.4 Å². The second-order valence-electron chi connectivity index (χ2n) is 9.26. The van der Waals surface area contributed by atoms with Gasteiger partial charge in [-0.05, 0) is 50.2 Å². The lowest BCUT2D eigenvalue weighted by Gasteiger charge is -2.33. The number of likely N-dealkylation sites (N-methyl/N-ethyl adjacent to an activating group) is 1. The maximum Gasteiger partial charge on any atom is 0.328 e. The minimum atomic E-state index is -1.26. The third-order valence-corrected chi connectivity index (χ3v) is 6.52. The topological polar surface area (TPSA) is 119 Å². The number of carbonyl (C=O) groups is 2. The summed E-state index contributed by atoms with van der Waals surface area (Å²) >= 11 is 0. The number of nitrogens with zero attached hydrogens (tertiary/aromatic N) is 5. The van der Waals surface area contributed by atoms with Gasteiger partial charge in [-0.15, -0.1) is 10.2 Å². The van der Waals surface area contributed by atoms with Gasteiger partial charge in [0.15, 0.2) is 5.82 Å². The van der Waals surface area contributed by atoms with Crippen LogP contribution in [-0.2, 0) is 16.1 Å². The molecule has 38 heavy (non-hydrogen) atoms. The summed E-state index contributed by atoms with van der Waals surface area (Å²) in [6.45, 7) is 8.99. The molecule has 2 aromatic carbocycles. The van der Waals surface area contributed by atoms with E-state index in [1.54, 1.807) is 0 Å². The first kappa shape index (κ1) is 26.6. The number of hydrogen-bond donors (Lipinski definition) is 2. The summed E-state index contributed by atoms with van der Waals surface area (Å²) in [4.78, 5) is 26.1. The lowest BCUT2D eigenvalue weighted by Crippen LogP contribution is -2.44. The molecule has 2 N–H and O–H groups in total. The molecular formula is C28H31N5O5. The van der Waals surface area contributed by atoms with Crippen LogP contribution < -0.4 is 14.5 Å². The molecule has 0 aliphatic carbocycles. The Morgan fingerprint density at radius 3 is 2.24 bits per heavy atom. The molecule has 198 valence electrons. The average Bonchev–Trinajstić information content (AvgIpc) is 3.06. The van der Waals surface area contributed by atoms with E-state index in [-0.39, 0.29) is 0 Å². The van der Waals surface area contributed by atoms with Crippen molar-refractivity contribution in [3.63, 3.8) is 0 Å². The van der Waals surface area contributed by atoms with Crippen molar-refractivity contribution in [2.75, 3.05) is 43.0 Å². The fourth-order valence-corrected chi connectivity index (χ4v) is 4.18. The molecule has 1 aromatic heterocycles. The van der Waals surface area contributed by atoms with Crippen molar-refractivity contribution in [3.8, 4) is 11.6 Å². The standard InChI is InChI=1S/C24H27N5O.C4H4O4/c1-17-8-9-20(14-18(17)2)29-16-19-6-4-5-7-22(19)30-24-21(29)15-23(25-26-24)28-12-10-27(3)11-13-28;5-3(6)1-2-4(7)8/h4-9,14-15H,10-13,16H2,1-3H3;1-2H,(H,5,6)(H,7,8)/b;2-1+. The van der Waals surface area contributed by atoms with E-state index in [0.29, 0.717) is 18.0 Å². The van der Waals surface area contributed by atoms with E-state index in [1.807, 2.05) is 12.1 Å². The zero-order valence-corrected chi connectivity index (χ0v) is 21.7. The number of aryl methyl sites for hydroxylation is 2. The zero-order valence-electron chi connectivity index (χ0n) is 21.7. The quantitative estimate of drug-likeness (QED) is 0.492. The highest BCUT2D eigenvalue weighted by Crippen LogP contribution is 2.42. The van der Waals surface area contributed by atoms with Crippen LogP contribution in [0.2, 0.25) is 0 Å². The van der Waals surface area contributed by atoms with Crippen molar-refractivity contribution in [2.24, 2.45) is 0 Å².